The van der Waals surface area contributed by atoms with Gasteiger partial charge in [0.1, 0.15) is 5.75 Å². The first-order chi connectivity index (χ1) is 12.9. The molecule has 0 aliphatic carbocycles. The molecule has 0 aromatic heterocycles. The zero-order valence-corrected chi connectivity index (χ0v) is 16.9. The Labute approximate surface area is 172 Å². The second-order valence-corrected chi connectivity index (χ2v) is 7.15. The van der Waals surface area contributed by atoms with E-state index in [1.54, 1.807) is 19.1 Å². The predicted molar refractivity (Wildman–Crippen MR) is 112 cm³/mol. The first-order valence-electron chi connectivity index (χ1n) is 8.08. The van der Waals surface area contributed by atoms with Gasteiger partial charge in [0.15, 0.2) is 5.11 Å². The van der Waals surface area contributed by atoms with Gasteiger partial charge in [0.05, 0.1) is 23.7 Å². The van der Waals surface area contributed by atoms with Gasteiger partial charge >= 0.3 is 0 Å². The van der Waals surface area contributed by atoms with Crippen molar-refractivity contribution in [2.24, 2.45) is 0 Å². The van der Waals surface area contributed by atoms with E-state index in [-0.39, 0.29) is 5.91 Å². The number of methoxy groups -OCH3 is 1. The van der Waals surface area contributed by atoms with Crippen LogP contribution in [0, 0.1) is 0 Å². The van der Waals surface area contributed by atoms with Gasteiger partial charge in [-0.15, -0.1) is 0 Å². The third-order valence-corrected chi connectivity index (χ3v) is 4.82. The molecule has 3 rings (SSSR count). The van der Waals surface area contributed by atoms with E-state index in [2.05, 4.69) is 16.0 Å². The quantitative estimate of drug-likeness (QED) is 0.637. The Hall–Kier alpha value is -2.28. The lowest BCUT2D eigenvalue weighted by atomic mass is 9.94. The second-order valence-electron chi connectivity index (χ2n) is 5.90. The van der Waals surface area contributed by atoms with E-state index in [1.807, 2.05) is 30.3 Å². The van der Waals surface area contributed by atoms with Gasteiger partial charge in [-0.1, -0.05) is 41.4 Å². The fraction of sp³-hybridized carbons (Fsp3) is 0.158. The Morgan fingerprint density at radius 3 is 2.59 bits per heavy atom. The first-order valence-corrected chi connectivity index (χ1v) is 9.24. The number of thiocarbonyl (C=S) groups is 1. The van der Waals surface area contributed by atoms with Crippen molar-refractivity contribution >= 4 is 52.1 Å². The van der Waals surface area contributed by atoms with Gasteiger partial charge in [-0.05, 0) is 43.4 Å². The molecule has 2 aromatic carbocycles. The largest absolute Gasteiger partial charge is 0.495 e. The van der Waals surface area contributed by atoms with E-state index in [0.29, 0.717) is 43.4 Å². The molecule has 140 valence electrons. The van der Waals surface area contributed by atoms with Gasteiger partial charge in [0, 0.05) is 22.0 Å². The van der Waals surface area contributed by atoms with Crippen LogP contribution in [0.3, 0.4) is 0 Å². The summed E-state index contributed by atoms with van der Waals surface area (Å²) in [5.41, 5.74) is 2.40. The lowest BCUT2D eigenvalue weighted by Gasteiger charge is -2.31. The van der Waals surface area contributed by atoms with E-state index >= 15 is 0 Å². The van der Waals surface area contributed by atoms with Crippen molar-refractivity contribution in [3.8, 4) is 5.75 Å². The van der Waals surface area contributed by atoms with Crippen molar-refractivity contribution in [2.45, 2.75) is 13.0 Å². The Morgan fingerprint density at radius 1 is 1.22 bits per heavy atom. The summed E-state index contributed by atoms with van der Waals surface area (Å²) in [6, 6.07) is 11.9. The molecule has 1 unspecified atom stereocenters. The summed E-state index contributed by atoms with van der Waals surface area (Å²) in [6.07, 6.45) is 0. The van der Waals surface area contributed by atoms with Crippen LogP contribution in [-0.4, -0.2) is 18.1 Å². The molecule has 0 fully saturated rings. The van der Waals surface area contributed by atoms with Crippen LogP contribution in [0.4, 0.5) is 5.69 Å². The van der Waals surface area contributed by atoms with E-state index in [4.69, 9.17) is 40.2 Å². The van der Waals surface area contributed by atoms with Crippen LogP contribution in [0.5, 0.6) is 5.75 Å². The number of halogens is 2. The SMILES string of the molecule is COc1c(Cl)cc(Cl)cc1C1NC(=S)NC(C)=C1C(=O)Nc1ccccc1. The zero-order valence-electron chi connectivity index (χ0n) is 14.6. The molecule has 0 saturated heterocycles. The number of nitrogens with one attached hydrogen (secondary N) is 3. The lowest BCUT2D eigenvalue weighted by molar-refractivity contribution is -0.113. The Bertz CT molecular complexity index is 932. The number of carbonyl (C=O) groups is 1. The summed E-state index contributed by atoms with van der Waals surface area (Å²) in [7, 11) is 1.51. The highest BCUT2D eigenvalue weighted by atomic mass is 35.5. The number of carbonyl (C=O) groups excluding carboxylic acids is 1. The topological polar surface area (TPSA) is 62.4 Å². The number of benzene rings is 2. The van der Waals surface area contributed by atoms with Gasteiger partial charge in [0.25, 0.3) is 5.91 Å². The molecular formula is C19H17Cl2N3O2S. The number of hydrogen-bond donors (Lipinski definition) is 3. The molecule has 1 aliphatic heterocycles. The molecule has 8 heteroatoms. The predicted octanol–water partition coefficient (Wildman–Crippen LogP) is 4.43. The fourth-order valence-corrected chi connectivity index (χ4v) is 3.82. The lowest BCUT2D eigenvalue weighted by Crippen LogP contribution is -2.45. The number of hydrogen-bond acceptors (Lipinski definition) is 3. The van der Waals surface area contributed by atoms with Crippen molar-refractivity contribution < 1.29 is 9.53 Å². The average Bonchev–Trinajstić information content (AvgIpc) is 2.61. The van der Waals surface area contributed by atoms with E-state index in [9.17, 15) is 4.79 Å². The average molecular weight is 422 g/mol. The van der Waals surface area contributed by atoms with Crippen LogP contribution < -0.4 is 20.7 Å². The molecule has 1 atom stereocenters. The van der Waals surface area contributed by atoms with Gasteiger partial charge in [-0.3, -0.25) is 4.79 Å². The molecule has 0 radical (unpaired) electrons. The zero-order chi connectivity index (χ0) is 19.6. The van der Waals surface area contributed by atoms with Crippen LogP contribution >= 0.6 is 35.4 Å². The van der Waals surface area contributed by atoms with Crippen molar-refractivity contribution in [2.75, 3.05) is 12.4 Å². The normalized spacial score (nSPS) is 16.4. The van der Waals surface area contributed by atoms with Crippen LogP contribution in [0.25, 0.3) is 0 Å². The molecule has 1 aliphatic rings. The summed E-state index contributed by atoms with van der Waals surface area (Å²) in [5.74, 6) is 0.158. The minimum Gasteiger partial charge on any atom is -0.495 e. The molecule has 1 amide bonds. The second kappa shape index (κ2) is 8.17. The monoisotopic (exact) mass is 421 g/mol. The molecule has 3 N–H and O–H groups in total. The molecule has 0 bridgehead atoms. The third-order valence-electron chi connectivity index (χ3n) is 4.10. The number of rotatable bonds is 4. The molecule has 2 aromatic rings. The number of allylic oxidation sites excluding steroid dienone is 1. The van der Waals surface area contributed by atoms with Gasteiger partial charge in [-0.25, -0.2) is 0 Å². The number of anilines is 1. The Morgan fingerprint density at radius 2 is 1.93 bits per heavy atom. The van der Waals surface area contributed by atoms with E-state index in [0.717, 1.165) is 0 Å². The van der Waals surface area contributed by atoms with Gasteiger partial charge in [-0.2, -0.15) is 0 Å². The summed E-state index contributed by atoms with van der Waals surface area (Å²) < 4.78 is 5.45. The summed E-state index contributed by atoms with van der Waals surface area (Å²) in [4.78, 5) is 13.0. The highest BCUT2D eigenvalue weighted by molar-refractivity contribution is 7.80. The van der Waals surface area contributed by atoms with E-state index < -0.39 is 6.04 Å². The van der Waals surface area contributed by atoms with Crippen molar-refractivity contribution in [3.05, 3.63) is 69.3 Å². The number of para-hydroxylation sites is 1. The van der Waals surface area contributed by atoms with Gasteiger partial charge < -0.3 is 20.7 Å². The highest BCUT2D eigenvalue weighted by Gasteiger charge is 2.32. The van der Waals surface area contributed by atoms with Crippen molar-refractivity contribution in [3.63, 3.8) is 0 Å². The highest BCUT2D eigenvalue weighted by Crippen LogP contribution is 2.39. The Balaban J connectivity index is 2.06. The Kier molecular flexibility index (Phi) is 5.89. The van der Waals surface area contributed by atoms with Crippen molar-refractivity contribution in [1.82, 2.24) is 10.6 Å². The summed E-state index contributed by atoms with van der Waals surface area (Å²) in [5, 5.41) is 10.2. The molecule has 0 spiro atoms. The maximum absolute atomic E-state index is 13.0. The van der Waals surface area contributed by atoms with Crippen LogP contribution in [0.1, 0.15) is 18.5 Å². The minimum absolute atomic E-state index is 0.274. The molecule has 5 nitrogen and oxygen atoms in total. The third kappa shape index (κ3) is 4.18. The first kappa shape index (κ1) is 19.5. The summed E-state index contributed by atoms with van der Waals surface area (Å²) >= 11 is 17.8. The molecule has 1 heterocycles. The van der Waals surface area contributed by atoms with Crippen LogP contribution in [0.2, 0.25) is 10.0 Å². The fourth-order valence-electron chi connectivity index (χ4n) is 2.96. The number of ether oxygens (including phenoxy) is 1. The molecular weight excluding hydrogens is 405 g/mol. The van der Waals surface area contributed by atoms with Crippen LogP contribution in [-0.2, 0) is 4.79 Å². The minimum atomic E-state index is -0.575. The maximum atomic E-state index is 13.0. The molecule has 0 saturated carbocycles. The van der Waals surface area contributed by atoms with E-state index in [1.165, 1.54) is 7.11 Å². The number of amides is 1. The molecule has 27 heavy (non-hydrogen) atoms. The standard InChI is InChI=1S/C19H17Cl2N3O2S/c1-10-15(18(25)23-12-6-4-3-5-7-12)16(24-19(27)22-10)13-8-11(20)9-14(21)17(13)26-2/h3-9,16H,1-2H3,(H,23,25)(H2,22,24,27). The maximum Gasteiger partial charge on any atom is 0.255 e. The summed E-state index contributed by atoms with van der Waals surface area (Å²) in [6.45, 7) is 1.79. The van der Waals surface area contributed by atoms with Gasteiger partial charge in [0.2, 0.25) is 0 Å². The smallest absolute Gasteiger partial charge is 0.255 e. The van der Waals surface area contributed by atoms with Crippen LogP contribution in [0.15, 0.2) is 53.7 Å². The van der Waals surface area contributed by atoms with Crippen molar-refractivity contribution in [1.29, 1.82) is 0 Å².